The fraction of sp³-hybridized carbons (Fsp3) is 0.500. The van der Waals surface area contributed by atoms with Crippen LogP contribution in [0.15, 0.2) is 22.7 Å². The third-order valence-corrected chi connectivity index (χ3v) is 3.48. The van der Waals surface area contributed by atoms with Gasteiger partial charge in [0.2, 0.25) is 0 Å². The molecule has 0 bridgehead atoms. The molecule has 0 heterocycles. The van der Waals surface area contributed by atoms with E-state index in [4.69, 9.17) is 5.26 Å². The first-order valence-electron chi connectivity index (χ1n) is 5.81. The van der Waals surface area contributed by atoms with Gasteiger partial charge in [0.1, 0.15) is 0 Å². The molecule has 0 saturated carbocycles. The van der Waals surface area contributed by atoms with Gasteiger partial charge in [-0.05, 0) is 52.4 Å². The van der Waals surface area contributed by atoms with Gasteiger partial charge in [-0.15, -0.1) is 0 Å². The molecule has 0 aliphatic heterocycles. The predicted molar refractivity (Wildman–Crippen MR) is 76.0 cm³/mol. The van der Waals surface area contributed by atoms with Gasteiger partial charge < -0.3 is 5.32 Å². The molecule has 17 heavy (non-hydrogen) atoms. The molecule has 0 unspecified atom stereocenters. The summed E-state index contributed by atoms with van der Waals surface area (Å²) >= 11 is 3.54. The number of anilines is 1. The Balaban J connectivity index is 2.61. The SMILES string of the molecule is Cc1ccc(Br)c(NCC(C)(C)CCC#N)c1. The maximum Gasteiger partial charge on any atom is 0.0621 e. The third-order valence-electron chi connectivity index (χ3n) is 2.79. The van der Waals surface area contributed by atoms with E-state index in [-0.39, 0.29) is 5.41 Å². The van der Waals surface area contributed by atoms with Gasteiger partial charge in [0.05, 0.1) is 6.07 Å². The molecule has 0 fully saturated rings. The minimum absolute atomic E-state index is 0.138. The molecule has 92 valence electrons. The summed E-state index contributed by atoms with van der Waals surface area (Å²) in [6.07, 6.45) is 1.53. The molecule has 1 aromatic rings. The molecule has 0 radical (unpaired) electrons. The molecule has 2 nitrogen and oxygen atoms in total. The van der Waals surface area contributed by atoms with E-state index in [0.717, 1.165) is 23.1 Å². The van der Waals surface area contributed by atoms with Crippen LogP contribution >= 0.6 is 15.9 Å². The van der Waals surface area contributed by atoms with Gasteiger partial charge in [-0.2, -0.15) is 5.26 Å². The Morgan fingerprint density at radius 2 is 2.12 bits per heavy atom. The Morgan fingerprint density at radius 3 is 2.76 bits per heavy atom. The van der Waals surface area contributed by atoms with Crippen LogP contribution in [0.2, 0.25) is 0 Å². The van der Waals surface area contributed by atoms with E-state index in [2.05, 4.69) is 66.3 Å². The van der Waals surface area contributed by atoms with Crippen LogP contribution < -0.4 is 5.32 Å². The number of nitrogens with one attached hydrogen (secondary N) is 1. The van der Waals surface area contributed by atoms with Crippen LogP contribution in [0.25, 0.3) is 0 Å². The fourth-order valence-corrected chi connectivity index (χ4v) is 1.98. The Bertz CT molecular complexity index is 419. The standard InChI is InChI=1S/C14H19BrN2/c1-11-5-6-12(15)13(9-11)17-10-14(2,3)7-4-8-16/h5-6,9,17H,4,7,10H2,1-3H3. The number of rotatable bonds is 5. The third kappa shape index (κ3) is 4.79. The minimum atomic E-state index is 0.138. The van der Waals surface area contributed by atoms with Crippen LogP contribution in [0.1, 0.15) is 32.3 Å². The molecule has 0 saturated heterocycles. The molecular formula is C14H19BrN2. The topological polar surface area (TPSA) is 35.8 Å². The monoisotopic (exact) mass is 294 g/mol. The van der Waals surface area contributed by atoms with Crippen molar-refractivity contribution in [3.63, 3.8) is 0 Å². The lowest BCUT2D eigenvalue weighted by Crippen LogP contribution is -2.23. The highest BCUT2D eigenvalue weighted by Crippen LogP contribution is 2.27. The molecule has 0 aliphatic carbocycles. The molecule has 1 rings (SSSR count). The summed E-state index contributed by atoms with van der Waals surface area (Å²) in [6.45, 7) is 7.32. The number of hydrogen-bond donors (Lipinski definition) is 1. The van der Waals surface area contributed by atoms with Gasteiger partial charge in [0, 0.05) is 23.1 Å². The normalized spacial score (nSPS) is 11.0. The number of hydrogen-bond acceptors (Lipinski definition) is 2. The number of halogens is 1. The molecular weight excluding hydrogens is 276 g/mol. The largest absolute Gasteiger partial charge is 0.384 e. The van der Waals surface area contributed by atoms with Crippen LogP contribution in [-0.2, 0) is 0 Å². The lowest BCUT2D eigenvalue weighted by atomic mass is 9.88. The number of nitriles is 1. The number of nitrogens with zero attached hydrogens (tertiary/aromatic N) is 1. The summed E-state index contributed by atoms with van der Waals surface area (Å²) in [5, 5.41) is 12.1. The van der Waals surface area contributed by atoms with Crippen LogP contribution in [0.5, 0.6) is 0 Å². The van der Waals surface area contributed by atoms with Gasteiger partial charge in [-0.25, -0.2) is 0 Å². The Hall–Kier alpha value is -1.01. The van der Waals surface area contributed by atoms with E-state index in [1.54, 1.807) is 0 Å². The second kappa shape index (κ2) is 6.07. The average Bonchev–Trinajstić information content (AvgIpc) is 2.28. The molecule has 3 heteroatoms. The average molecular weight is 295 g/mol. The maximum absolute atomic E-state index is 8.62. The van der Waals surface area contributed by atoms with E-state index < -0.39 is 0 Å². The van der Waals surface area contributed by atoms with Crippen molar-refractivity contribution in [1.82, 2.24) is 0 Å². The molecule has 1 N–H and O–H groups in total. The summed E-state index contributed by atoms with van der Waals surface area (Å²) in [5.74, 6) is 0. The highest BCUT2D eigenvalue weighted by molar-refractivity contribution is 9.10. The Morgan fingerprint density at radius 1 is 1.41 bits per heavy atom. The zero-order chi connectivity index (χ0) is 12.9. The number of benzene rings is 1. The van der Waals surface area contributed by atoms with Crippen LogP contribution in [0.3, 0.4) is 0 Å². The van der Waals surface area contributed by atoms with Crippen molar-refractivity contribution in [2.24, 2.45) is 5.41 Å². The highest BCUT2D eigenvalue weighted by atomic mass is 79.9. The number of aryl methyl sites for hydroxylation is 1. The highest BCUT2D eigenvalue weighted by Gasteiger charge is 2.17. The van der Waals surface area contributed by atoms with Crippen molar-refractivity contribution >= 4 is 21.6 Å². The van der Waals surface area contributed by atoms with Gasteiger partial charge >= 0.3 is 0 Å². The lowest BCUT2D eigenvalue weighted by molar-refractivity contribution is 0.364. The molecule has 0 amide bonds. The zero-order valence-corrected chi connectivity index (χ0v) is 12.3. The lowest BCUT2D eigenvalue weighted by Gasteiger charge is -2.25. The van der Waals surface area contributed by atoms with Crippen LogP contribution in [0.4, 0.5) is 5.69 Å². The quantitative estimate of drug-likeness (QED) is 0.868. The van der Waals surface area contributed by atoms with Crippen molar-refractivity contribution in [3.05, 3.63) is 28.2 Å². The summed E-state index contributed by atoms with van der Waals surface area (Å²) in [6, 6.07) is 8.47. The molecule has 0 spiro atoms. The van der Waals surface area contributed by atoms with Crippen molar-refractivity contribution in [3.8, 4) is 6.07 Å². The summed E-state index contributed by atoms with van der Waals surface area (Å²) < 4.78 is 1.08. The van der Waals surface area contributed by atoms with E-state index in [9.17, 15) is 0 Å². The van der Waals surface area contributed by atoms with E-state index >= 15 is 0 Å². The molecule has 0 aliphatic rings. The van der Waals surface area contributed by atoms with Gasteiger partial charge in [-0.1, -0.05) is 19.9 Å². The first-order valence-corrected chi connectivity index (χ1v) is 6.61. The maximum atomic E-state index is 8.62. The summed E-state index contributed by atoms with van der Waals surface area (Å²) in [7, 11) is 0. The first-order chi connectivity index (χ1) is 7.94. The van der Waals surface area contributed by atoms with Crippen molar-refractivity contribution < 1.29 is 0 Å². The smallest absolute Gasteiger partial charge is 0.0621 e. The zero-order valence-electron chi connectivity index (χ0n) is 10.7. The summed E-state index contributed by atoms with van der Waals surface area (Å²) in [4.78, 5) is 0. The van der Waals surface area contributed by atoms with Gasteiger partial charge in [0.15, 0.2) is 0 Å². The molecule has 1 aromatic carbocycles. The van der Waals surface area contributed by atoms with Crippen molar-refractivity contribution in [2.45, 2.75) is 33.6 Å². The second-order valence-electron chi connectivity index (χ2n) is 5.16. The Labute approximate surface area is 112 Å². The van der Waals surface area contributed by atoms with E-state index in [1.165, 1.54) is 5.56 Å². The Kier molecular flexibility index (Phi) is 5.02. The van der Waals surface area contributed by atoms with Crippen molar-refractivity contribution in [1.29, 1.82) is 5.26 Å². The second-order valence-corrected chi connectivity index (χ2v) is 6.01. The van der Waals surface area contributed by atoms with Crippen molar-refractivity contribution in [2.75, 3.05) is 11.9 Å². The van der Waals surface area contributed by atoms with E-state index in [1.807, 2.05) is 0 Å². The first kappa shape index (κ1) is 14.1. The minimum Gasteiger partial charge on any atom is -0.384 e. The van der Waals surface area contributed by atoms with Gasteiger partial charge in [-0.3, -0.25) is 0 Å². The molecule has 0 aromatic heterocycles. The van der Waals surface area contributed by atoms with Crippen LogP contribution in [0, 0.1) is 23.7 Å². The van der Waals surface area contributed by atoms with E-state index in [0.29, 0.717) is 6.42 Å². The predicted octanol–water partition coefficient (Wildman–Crippen LogP) is 4.50. The summed E-state index contributed by atoms with van der Waals surface area (Å²) in [5.41, 5.74) is 2.50. The van der Waals surface area contributed by atoms with Crippen LogP contribution in [-0.4, -0.2) is 6.54 Å². The van der Waals surface area contributed by atoms with Gasteiger partial charge in [0.25, 0.3) is 0 Å². The molecule has 0 atom stereocenters. The fourth-order valence-electron chi connectivity index (χ4n) is 1.59.